The third-order valence-electron chi connectivity index (χ3n) is 3.97. The summed E-state index contributed by atoms with van der Waals surface area (Å²) in [6.45, 7) is 2.34. The van der Waals surface area contributed by atoms with Gasteiger partial charge < -0.3 is 5.32 Å². The zero-order chi connectivity index (χ0) is 17.9. The van der Waals surface area contributed by atoms with Gasteiger partial charge in [-0.05, 0) is 54.5 Å². The number of thiophene rings is 1. The standard InChI is InChI=1S/C17H21N3O3S2/c1-2-11-25(22,23)20-9-3-5-13-7-8-14(12-15(13)20)18-17(21)19-16-6-4-10-24-16/h4,6-8,10,12H,2-3,5,9,11H2,1H3,(H2,18,19,21). The lowest BCUT2D eigenvalue weighted by molar-refractivity contribution is 0.262. The predicted octanol–water partition coefficient (Wildman–Crippen LogP) is 3.88. The van der Waals surface area contributed by atoms with Gasteiger partial charge in [0, 0.05) is 12.2 Å². The molecule has 1 aromatic carbocycles. The van der Waals surface area contributed by atoms with E-state index in [9.17, 15) is 13.2 Å². The van der Waals surface area contributed by atoms with Crippen molar-refractivity contribution in [2.45, 2.75) is 26.2 Å². The average molecular weight is 380 g/mol. The SMILES string of the molecule is CCCS(=O)(=O)N1CCCc2ccc(NC(=O)Nc3cccs3)cc21. The first kappa shape index (κ1) is 17.8. The molecule has 0 atom stereocenters. The number of nitrogens with zero attached hydrogens (tertiary/aromatic N) is 1. The van der Waals surface area contributed by atoms with Crippen molar-refractivity contribution in [1.29, 1.82) is 0 Å². The molecule has 134 valence electrons. The van der Waals surface area contributed by atoms with Gasteiger partial charge >= 0.3 is 6.03 Å². The monoisotopic (exact) mass is 379 g/mol. The number of aryl methyl sites for hydroxylation is 1. The maximum Gasteiger partial charge on any atom is 0.324 e. The number of rotatable bonds is 5. The first-order chi connectivity index (χ1) is 12.0. The lowest BCUT2D eigenvalue weighted by Gasteiger charge is -2.31. The van der Waals surface area contributed by atoms with Crippen molar-refractivity contribution < 1.29 is 13.2 Å². The molecule has 1 aromatic heterocycles. The van der Waals surface area contributed by atoms with Crippen molar-refractivity contribution >= 4 is 43.8 Å². The van der Waals surface area contributed by atoms with E-state index in [1.54, 1.807) is 6.07 Å². The molecule has 2 aromatic rings. The summed E-state index contributed by atoms with van der Waals surface area (Å²) in [5, 5.41) is 8.15. The van der Waals surface area contributed by atoms with Crippen LogP contribution in [0.25, 0.3) is 0 Å². The van der Waals surface area contributed by atoms with Crippen LogP contribution in [0.2, 0.25) is 0 Å². The van der Waals surface area contributed by atoms with E-state index in [2.05, 4.69) is 10.6 Å². The van der Waals surface area contributed by atoms with Crippen LogP contribution in [0, 0.1) is 0 Å². The van der Waals surface area contributed by atoms with Crippen molar-refractivity contribution in [1.82, 2.24) is 0 Å². The molecular formula is C17H21N3O3S2. The second-order valence-corrected chi connectivity index (χ2v) is 8.85. The highest BCUT2D eigenvalue weighted by Gasteiger charge is 2.27. The molecule has 2 amide bonds. The van der Waals surface area contributed by atoms with Crippen LogP contribution < -0.4 is 14.9 Å². The Morgan fingerprint density at radius 2 is 2.12 bits per heavy atom. The molecule has 2 N–H and O–H groups in total. The molecule has 0 fully saturated rings. The summed E-state index contributed by atoms with van der Waals surface area (Å²) in [5.74, 6) is 0.128. The van der Waals surface area contributed by atoms with E-state index in [0.29, 0.717) is 24.3 Å². The van der Waals surface area contributed by atoms with E-state index in [4.69, 9.17) is 0 Å². The van der Waals surface area contributed by atoms with Crippen molar-refractivity contribution in [2.24, 2.45) is 0 Å². The summed E-state index contributed by atoms with van der Waals surface area (Å²) in [7, 11) is -3.33. The number of amides is 2. The Labute approximate surface area is 151 Å². The maximum absolute atomic E-state index is 12.5. The Bertz CT molecular complexity index is 848. The fourth-order valence-corrected chi connectivity index (χ4v) is 5.13. The predicted molar refractivity (Wildman–Crippen MR) is 103 cm³/mol. The second-order valence-electron chi connectivity index (χ2n) is 5.89. The average Bonchev–Trinajstić information content (AvgIpc) is 3.07. The van der Waals surface area contributed by atoms with Crippen LogP contribution in [0.15, 0.2) is 35.7 Å². The van der Waals surface area contributed by atoms with Crippen molar-refractivity contribution in [3.8, 4) is 0 Å². The van der Waals surface area contributed by atoms with Gasteiger partial charge in [0.1, 0.15) is 0 Å². The fourth-order valence-electron chi connectivity index (χ4n) is 2.90. The topological polar surface area (TPSA) is 78.5 Å². The van der Waals surface area contributed by atoms with Crippen LogP contribution >= 0.6 is 11.3 Å². The molecule has 8 heteroatoms. The molecule has 1 aliphatic heterocycles. The minimum atomic E-state index is -3.33. The van der Waals surface area contributed by atoms with Crippen LogP contribution in [0.1, 0.15) is 25.3 Å². The molecule has 6 nitrogen and oxygen atoms in total. The number of benzene rings is 1. The number of fused-ring (bicyclic) bond motifs is 1. The van der Waals surface area contributed by atoms with E-state index in [-0.39, 0.29) is 11.8 Å². The highest BCUT2D eigenvalue weighted by atomic mass is 32.2. The molecule has 0 bridgehead atoms. The minimum Gasteiger partial charge on any atom is -0.308 e. The summed E-state index contributed by atoms with van der Waals surface area (Å²) < 4.78 is 26.5. The van der Waals surface area contributed by atoms with E-state index in [1.165, 1.54) is 15.6 Å². The molecule has 0 saturated heterocycles. The molecule has 2 heterocycles. The van der Waals surface area contributed by atoms with Gasteiger partial charge in [-0.1, -0.05) is 13.0 Å². The van der Waals surface area contributed by atoms with E-state index in [1.807, 2.05) is 36.6 Å². The number of anilines is 3. The van der Waals surface area contributed by atoms with Crippen molar-refractivity contribution in [2.75, 3.05) is 27.2 Å². The third-order valence-corrected chi connectivity index (χ3v) is 6.74. The maximum atomic E-state index is 12.5. The molecule has 3 rings (SSSR count). The second kappa shape index (κ2) is 7.45. The Morgan fingerprint density at radius 1 is 1.28 bits per heavy atom. The van der Waals surface area contributed by atoms with E-state index < -0.39 is 10.0 Å². The van der Waals surface area contributed by atoms with Crippen LogP contribution in [-0.2, 0) is 16.4 Å². The Hall–Kier alpha value is -2.06. The molecular weight excluding hydrogens is 358 g/mol. The van der Waals surface area contributed by atoms with Crippen molar-refractivity contribution in [3.63, 3.8) is 0 Å². The van der Waals surface area contributed by atoms with Gasteiger partial charge in [-0.3, -0.25) is 9.62 Å². The Morgan fingerprint density at radius 3 is 2.84 bits per heavy atom. The zero-order valence-corrected chi connectivity index (χ0v) is 15.6. The number of hydrogen-bond donors (Lipinski definition) is 2. The summed E-state index contributed by atoms with van der Waals surface area (Å²) >= 11 is 1.43. The Kier molecular flexibility index (Phi) is 5.29. The first-order valence-corrected chi connectivity index (χ1v) is 10.7. The third kappa shape index (κ3) is 4.13. The van der Waals surface area contributed by atoms with Crippen LogP contribution in [-0.4, -0.2) is 26.7 Å². The van der Waals surface area contributed by atoms with Gasteiger partial charge in [0.2, 0.25) is 10.0 Å². The van der Waals surface area contributed by atoms with Gasteiger partial charge in [0.05, 0.1) is 16.4 Å². The van der Waals surface area contributed by atoms with Gasteiger partial charge in [-0.25, -0.2) is 13.2 Å². The van der Waals surface area contributed by atoms with Crippen LogP contribution in [0.4, 0.5) is 21.2 Å². The van der Waals surface area contributed by atoms with Gasteiger partial charge in [-0.2, -0.15) is 0 Å². The number of carbonyl (C=O) groups is 1. The Balaban J connectivity index is 1.81. The largest absolute Gasteiger partial charge is 0.324 e. The number of urea groups is 1. The highest BCUT2D eigenvalue weighted by molar-refractivity contribution is 7.92. The molecule has 1 aliphatic rings. The molecule has 0 aliphatic carbocycles. The summed E-state index contributed by atoms with van der Waals surface area (Å²) in [5.41, 5.74) is 2.25. The minimum absolute atomic E-state index is 0.128. The van der Waals surface area contributed by atoms with Crippen molar-refractivity contribution in [3.05, 3.63) is 41.3 Å². The quantitative estimate of drug-likeness (QED) is 0.827. The highest BCUT2D eigenvalue weighted by Crippen LogP contribution is 2.32. The van der Waals surface area contributed by atoms with E-state index >= 15 is 0 Å². The number of nitrogens with one attached hydrogen (secondary N) is 2. The summed E-state index contributed by atoms with van der Waals surface area (Å²) in [4.78, 5) is 12.1. The smallest absolute Gasteiger partial charge is 0.308 e. The summed E-state index contributed by atoms with van der Waals surface area (Å²) in [6.07, 6.45) is 2.23. The van der Waals surface area contributed by atoms with Crippen LogP contribution in [0.3, 0.4) is 0 Å². The van der Waals surface area contributed by atoms with Gasteiger partial charge in [0.25, 0.3) is 0 Å². The normalized spacial score (nSPS) is 14.0. The zero-order valence-electron chi connectivity index (χ0n) is 14.0. The molecule has 0 saturated carbocycles. The molecule has 0 radical (unpaired) electrons. The van der Waals surface area contributed by atoms with Gasteiger partial charge in [-0.15, -0.1) is 11.3 Å². The number of hydrogen-bond acceptors (Lipinski definition) is 4. The number of carbonyl (C=O) groups excluding carboxylic acids is 1. The molecule has 0 spiro atoms. The van der Waals surface area contributed by atoms with Gasteiger partial charge in [0.15, 0.2) is 0 Å². The fraction of sp³-hybridized carbons (Fsp3) is 0.353. The lowest BCUT2D eigenvalue weighted by Crippen LogP contribution is -2.37. The molecule has 0 unspecified atom stereocenters. The summed E-state index contributed by atoms with van der Waals surface area (Å²) in [6, 6.07) is 8.77. The number of sulfonamides is 1. The first-order valence-electron chi connectivity index (χ1n) is 8.24. The van der Waals surface area contributed by atoms with E-state index in [0.717, 1.165) is 23.4 Å². The lowest BCUT2D eigenvalue weighted by atomic mass is 10.0. The van der Waals surface area contributed by atoms with Crippen LogP contribution in [0.5, 0.6) is 0 Å². The molecule has 25 heavy (non-hydrogen) atoms.